The van der Waals surface area contributed by atoms with Crippen LogP contribution in [0.4, 0.5) is 0 Å². The minimum Gasteiger partial charge on any atom is -0.308 e. The molecule has 1 aliphatic heterocycles. The van der Waals surface area contributed by atoms with Crippen molar-refractivity contribution in [3.8, 4) is 0 Å². The molecule has 108 valence electrons. The van der Waals surface area contributed by atoms with Gasteiger partial charge in [-0.05, 0) is 33.1 Å². The molecule has 1 saturated heterocycles. The summed E-state index contributed by atoms with van der Waals surface area (Å²) in [7, 11) is -0.667. The molecule has 3 unspecified atom stereocenters. The van der Waals surface area contributed by atoms with Crippen LogP contribution < -0.4 is 5.32 Å². The SMILES string of the molecule is CCC1(CC)CN(C(C)CCS(C)=O)C(C)CN1. The van der Waals surface area contributed by atoms with E-state index < -0.39 is 10.8 Å². The first kappa shape index (κ1) is 16.1. The van der Waals surface area contributed by atoms with E-state index in [1.165, 1.54) is 12.8 Å². The molecule has 1 fully saturated rings. The Kier molecular flexibility index (Phi) is 6.28. The molecule has 0 radical (unpaired) electrons. The largest absolute Gasteiger partial charge is 0.308 e. The van der Waals surface area contributed by atoms with Crippen LogP contribution in [0.2, 0.25) is 0 Å². The van der Waals surface area contributed by atoms with Crippen molar-refractivity contribution < 1.29 is 4.21 Å². The molecule has 0 aliphatic carbocycles. The molecule has 1 rings (SSSR count). The first-order valence-corrected chi connectivity index (χ1v) is 8.97. The van der Waals surface area contributed by atoms with E-state index in [4.69, 9.17) is 0 Å². The number of piperazine rings is 1. The van der Waals surface area contributed by atoms with Crippen molar-refractivity contribution in [3.63, 3.8) is 0 Å². The Morgan fingerprint density at radius 3 is 2.56 bits per heavy atom. The van der Waals surface area contributed by atoms with E-state index in [-0.39, 0.29) is 5.54 Å². The second kappa shape index (κ2) is 7.01. The molecular formula is C14H30N2OS. The van der Waals surface area contributed by atoms with Crippen molar-refractivity contribution in [1.82, 2.24) is 10.2 Å². The maximum Gasteiger partial charge on any atom is 0.0304 e. The van der Waals surface area contributed by atoms with Crippen LogP contribution in [0, 0.1) is 0 Å². The van der Waals surface area contributed by atoms with Crippen LogP contribution in [0.1, 0.15) is 47.0 Å². The summed E-state index contributed by atoms with van der Waals surface area (Å²) in [5.41, 5.74) is 0.284. The lowest BCUT2D eigenvalue weighted by Gasteiger charge is -2.49. The summed E-state index contributed by atoms with van der Waals surface area (Å²) in [6, 6.07) is 1.11. The molecule has 0 spiro atoms. The zero-order chi connectivity index (χ0) is 13.8. The first-order valence-electron chi connectivity index (χ1n) is 7.25. The van der Waals surface area contributed by atoms with Crippen molar-refractivity contribution in [2.45, 2.75) is 64.6 Å². The van der Waals surface area contributed by atoms with E-state index in [1.54, 1.807) is 6.26 Å². The van der Waals surface area contributed by atoms with Gasteiger partial charge in [0.15, 0.2) is 0 Å². The number of hydrogen-bond donors (Lipinski definition) is 1. The predicted molar refractivity (Wildman–Crippen MR) is 80.5 cm³/mol. The van der Waals surface area contributed by atoms with Crippen LogP contribution >= 0.6 is 0 Å². The van der Waals surface area contributed by atoms with Gasteiger partial charge in [-0.1, -0.05) is 13.8 Å². The smallest absolute Gasteiger partial charge is 0.0304 e. The standard InChI is InChI=1S/C14H30N2OS/c1-6-14(7-2)11-16(13(4)10-15-14)12(3)8-9-18(5)17/h12-13,15H,6-11H2,1-5H3. The Bertz CT molecular complexity index is 279. The highest BCUT2D eigenvalue weighted by Crippen LogP contribution is 2.25. The van der Waals surface area contributed by atoms with Gasteiger partial charge in [0.2, 0.25) is 0 Å². The molecule has 18 heavy (non-hydrogen) atoms. The molecular weight excluding hydrogens is 244 g/mol. The molecule has 0 saturated carbocycles. The molecule has 0 aromatic carbocycles. The third kappa shape index (κ3) is 4.04. The summed E-state index contributed by atoms with van der Waals surface area (Å²) in [6.45, 7) is 11.3. The van der Waals surface area contributed by atoms with Gasteiger partial charge >= 0.3 is 0 Å². The minimum atomic E-state index is -0.667. The maximum absolute atomic E-state index is 11.2. The Morgan fingerprint density at radius 1 is 1.44 bits per heavy atom. The Hall–Kier alpha value is 0.0700. The van der Waals surface area contributed by atoms with Crippen LogP contribution in [-0.4, -0.2) is 51.8 Å². The number of rotatable bonds is 6. The van der Waals surface area contributed by atoms with Gasteiger partial charge in [0.1, 0.15) is 0 Å². The molecule has 1 heterocycles. The molecule has 0 bridgehead atoms. The van der Waals surface area contributed by atoms with Crippen LogP contribution in [0.15, 0.2) is 0 Å². The van der Waals surface area contributed by atoms with Crippen LogP contribution in [0.5, 0.6) is 0 Å². The van der Waals surface area contributed by atoms with E-state index >= 15 is 0 Å². The highest BCUT2D eigenvalue weighted by atomic mass is 32.2. The molecule has 1 aliphatic rings. The fraction of sp³-hybridized carbons (Fsp3) is 1.00. The lowest BCUT2D eigenvalue weighted by Crippen LogP contribution is -2.64. The second-order valence-corrected chi connectivity index (χ2v) is 7.36. The Labute approximate surface area is 115 Å². The van der Waals surface area contributed by atoms with Crippen LogP contribution in [-0.2, 0) is 10.8 Å². The Balaban J connectivity index is 2.63. The van der Waals surface area contributed by atoms with Gasteiger partial charge in [0.05, 0.1) is 0 Å². The van der Waals surface area contributed by atoms with Crippen LogP contribution in [0.25, 0.3) is 0 Å². The van der Waals surface area contributed by atoms with Gasteiger partial charge in [-0.15, -0.1) is 0 Å². The molecule has 4 heteroatoms. The number of nitrogens with one attached hydrogen (secondary N) is 1. The molecule has 1 N–H and O–H groups in total. The van der Waals surface area contributed by atoms with Crippen molar-refractivity contribution >= 4 is 10.8 Å². The summed E-state index contributed by atoms with van der Waals surface area (Å²) in [5, 5.41) is 3.73. The monoisotopic (exact) mass is 274 g/mol. The summed E-state index contributed by atoms with van der Waals surface area (Å²) < 4.78 is 11.2. The van der Waals surface area contributed by atoms with Crippen molar-refractivity contribution in [2.75, 3.05) is 25.1 Å². The second-order valence-electron chi connectivity index (χ2n) is 5.80. The van der Waals surface area contributed by atoms with Gasteiger partial charge in [-0.25, -0.2) is 0 Å². The van der Waals surface area contributed by atoms with E-state index in [0.717, 1.165) is 25.3 Å². The molecule has 0 aromatic heterocycles. The normalized spacial score (nSPS) is 27.9. The van der Waals surface area contributed by atoms with Gasteiger partial charge < -0.3 is 5.32 Å². The molecule has 0 aromatic rings. The molecule has 3 atom stereocenters. The van der Waals surface area contributed by atoms with E-state index in [2.05, 4.69) is 37.9 Å². The summed E-state index contributed by atoms with van der Waals surface area (Å²) in [5.74, 6) is 0.822. The van der Waals surface area contributed by atoms with Gasteiger partial charge in [0.25, 0.3) is 0 Å². The lowest BCUT2D eigenvalue weighted by molar-refractivity contribution is 0.0491. The Morgan fingerprint density at radius 2 is 2.06 bits per heavy atom. The third-order valence-electron chi connectivity index (χ3n) is 4.57. The quantitative estimate of drug-likeness (QED) is 0.804. The topological polar surface area (TPSA) is 32.3 Å². The highest BCUT2D eigenvalue weighted by Gasteiger charge is 2.36. The van der Waals surface area contributed by atoms with Gasteiger partial charge in [-0.2, -0.15) is 0 Å². The zero-order valence-electron chi connectivity index (χ0n) is 12.7. The highest BCUT2D eigenvalue weighted by molar-refractivity contribution is 7.84. The van der Waals surface area contributed by atoms with Gasteiger partial charge in [0, 0.05) is 53.5 Å². The summed E-state index contributed by atoms with van der Waals surface area (Å²) >= 11 is 0. The van der Waals surface area contributed by atoms with E-state index in [9.17, 15) is 4.21 Å². The number of nitrogens with zero attached hydrogens (tertiary/aromatic N) is 1. The zero-order valence-corrected chi connectivity index (χ0v) is 13.5. The van der Waals surface area contributed by atoms with E-state index in [1.807, 2.05) is 0 Å². The predicted octanol–water partition coefficient (Wildman–Crippen LogP) is 2.00. The van der Waals surface area contributed by atoms with Crippen molar-refractivity contribution in [3.05, 3.63) is 0 Å². The van der Waals surface area contributed by atoms with Crippen molar-refractivity contribution in [2.24, 2.45) is 0 Å². The fourth-order valence-corrected chi connectivity index (χ4v) is 3.53. The summed E-state index contributed by atoms with van der Waals surface area (Å²) in [4.78, 5) is 2.61. The average Bonchev–Trinajstić information content (AvgIpc) is 2.37. The minimum absolute atomic E-state index is 0.284. The fourth-order valence-electron chi connectivity index (χ4n) is 2.86. The third-order valence-corrected chi connectivity index (χ3v) is 5.38. The number of hydrogen-bond acceptors (Lipinski definition) is 3. The summed E-state index contributed by atoms with van der Waals surface area (Å²) in [6.07, 6.45) is 5.20. The first-order chi connectivity index (χ1) is 8.44. The lowest BCUT2D eigenvalue weighted by atomic mass is 9.88. The maximum atomic E-state index is 11.2. The average molecular weight is 274 g/mol. The molecule has 3 nitrogen and oxygen atoms in total. The van der Waals surface area contributed by atoms with Gasteiger partial charge in [-0.3, -0.25) is 9.11 Å². The molecule has 0 amide bonds. The van der Waals surface area contributed by atoms with Crippen LogP contribution in [0.3, 0.4) is 0 Å². The van der Waals surface area contributed by atoms with E-state index in [0.29, 0.717) is 12.1 Å². The van der Waals surface area contributed by atoms with Crippen molar-refractivity contribution in [1.29, 1.82) is 0 Å².